The Bertz CT molecular complexity index is 624. The van der Waals surface area contributed by atoms with E-state index in [0.29, 0.717) is 12.8 Å². The number of carbonyl (C=O) groups is 1. The second kappa shape index (κ2) is 6.40. The first-order valence-electron chi connectivity index (χ1n) is 7.38. The van der Waals surface area contributed by atoms with E-state index in [-0.39, 0.29) is 17.1 Å². The van der Waals surface area contributed by atoms with Crippen molar-refractivity contribution in [1.29, 1.82) is 0 Å². The Labute approximate surface area is 132 Å². The summed E-state index contributed by atoms with van der Waals surface area (Å²) in [6, 6.07) is 1.63. The van der Waals surface area contributed by atoms with Crippen LogP contribution in [0.4, 0.5) is 5.88 Å². The fourth-order valence-electron chi connectivity index (χ4n) is 1.92. The molecule has 1 rings (SSSR count). The van der Waals surface area contributed by atoms with E-state index in [2.05, 4.69) is 31.2 Å². The SMILES string of the molecule is CCCS(=O)(=O)C(C)(C)C(=O)Nc1cc(CC(C)(C)C)no1. The molecule has 22 heavy (non-hydrogen) atoms. The van der Waals surface area contributed by atoms with Gasteiger partial charge < -0.3 is 4.52 Å². The van der Waals surface area contributed by atoms with Crippen molar-refractivity contribution in [3.8, 4) is 0 Å². The van der Waals surface area contributed by atoms with E-state index in [9.17, 15) is 13.2 Å². The second-order valence-corrected chi connectivity index (χ2v) is 9.86. The zero-order valence-electron chi connectivity index (χ0n) is 14.2. The fraction of sp³-hybridized carbons (Fsp3) is 0.733. The third kappa shape index (κ3) is 4.56. The van der Waals surface area contributed by atoms with Gasteiger partial charge in [-0.25, -0.2) is 8.42 Å². The molecule has 0 aliphatic rings. The highest BCUT2D eigenvalue weighted by atomic mass is 32.2. The van der Waals surface area contributed by atoms with Gasteiger partial charge >= 0.3 is 0 Å². The average molecular weight is 330 g/mol. The van der Waals surface area contributed by atoms with Crippen LogP contribution in [0.2, 0.25) is 0 Å². The number of hydrogen-bond donors (Lipinski definition) is 1. The maximum absolute atomic E-state index is 12.3. The minimum atomic E-state index is -3.53. The molecule has 126 valence electrons. The Morgan fingerprint density at radius 3 is 2.36 bits per heavy atom. The maximum Gasteiger partial charge on any atom is 0.247 e. The van der Waals surface area contributed by atoms with Gasteiger partial charge in [-0.3, -0.25) is 10.1 Å². The monoisotopic (exact) mass is 330 g/mol. The number of nitrogens with zero attached hydrogens (tertiary/aromatic N) is 1. The van der Waals surface area contributed by atoms with E-state index < -0.39 is 20.5 Å². The van der Waals surface area contributed by atoms with Gasteiger partial charge in [0.2, 0.25) is 11.8 Å². The van der Waals surface area contributed by atoms with Crippen LogP contribution in [-0.2, 0) is 21.1 Å². The molecular weight excluding hydrogens is 304 g/mol. The number of nitrogens with one attached hydrogen (secondary N) is 1. The molecule has 0 saturated heterocycles. The lowest BCUT2D eigenvalue weighted by Crippen LogP contribution is -2.45. The molecule has 7 heteroatoms. The Morgan fingerprint density at radius 2 is 1.86 bits per heavy atom. The molecule has 1 N–H and O–H groups in total. The summed E-state index contributed by atoms with van der Waals surface area (Å²) < 4.78 is 27.9. The summed E-state index contributed by atoms with van der Waals surface area (Å²) in [5, 5.41) is 6.40. The van der Waals surface area contributed by atoms with Gasteiger partial charge in [-0.05, 0) is 32.1 Å². The van der Waals surface area contributed by atoms with Gasteiger partial charge in [0, 0.05) is 6.07 Å². The van der Waals surface area contributed by atoms with Crippen molar-refractivity contribution < 1.29 is 17.7 Å². The second-order valence-electron chi connectivity index (χ2n) is 7.20. The molecule has 1 aromatic rings. The van der Waals surface area contributed by atoms with Crippen LogP contribution in [0.3, 0.4) is 0 Å². The molecule has 0 fully saturated rings. The molecule has 0 aliphatic carbocycles. The Hall–Kier alpha value is -1.37. The van der Waals surface area contributed by atoms with Crippen LogP contribution in [-0.4, -0.2) is 30.0 Å². The predicted molar refractivity (Wildman–Crippen MR) is 86.4 cm³/mol. The summed E-state index contributed by atoms with van der Waals surface area (Å²) in [6.07, 6.45) is 1.17. The molecule has 0 radical (unpaired) electrons. The van der Waals surface area contributed by atoms with Crippen LogP contribution in [0.25, 0.3) is 0 Å². The number of hydrogen-bond acceptors (Lipinski definition) is 5. The van der Waals surface area contributed by atoms with Crippen molar-refractivity contribution in [2.45, 2.75) is 59.1 Å². The normalized spacial score (nSPS) is 13.2. The minimum Gasteiger partial charge on any atom is -0.338 e. The topological polar surface area (TPSA) is 89.3 Å². The van der Waals surface area contributed by atoms with Crippen molar-refractivity contribution in [3.05, 3.63) is 11.8 Å². The largest absolute Gasteiger partial charge is 0.338 e. The molecule has 0 saturated carbocycles. The van der Waals surface area contributed by atoms with Crippen LogP contribution < -0.4 is 5.32 Å². The molecule has 0 atom stereocenters. The molecule has 0 aromatic carbocycles. The Kier molecular flexibility index (Phi) is 5.43. The fourth-order valence-corrected chi connectivity index (χ4v) is 3.31. The van der Waals surface area contributed by atoms with Crippen molar-refractivity contribution in [2.24, 2.45) is 5.41 Å². The smallest absolute Gasteiger partial charge is 0.247 e. The van der Waals surface area contributed by atoms with Crippen LogP contribution in [0.15, 0.2) is 10.6 Å². The number of anilines is 1. The molecule has 0 spiro atoms. The molecule has 1 aromatic heterocycles. The van der Waals surface area contributed by atoms with Gasteiger partial charge in [-0.15, -0.1) is 0 Å². The average Bonchev–Trinajstić information content (AvgIpc) is 2.73. The highest BCUT2D eigenvalue weighted by molar-refractivity contribution is 7.93. The lowest BCUT2D eigenvalue weighted by molar-refractivity contribution is -0.118. The maximum atomic E-state index is 12.3. The van der Waals surface area contributed by atoms with E-state index in [1.165, 1.54) is 13.8 Å². The standard InChI is InChI=1S/C15H26N2O4S/c1-7-8-22(19,20)15(5,6)13(18)16-12-9-11(17-21-12)10-14(2,3)4/h9H,7-8,10H2,1-6H3,(H,16,18). The number of sulfone groups is 1. The molecule has 0 unspecified atom stereocenters. The molecule has 0 bridgehead atoms. The van der Waals surface area contributed by atoms with Crippen molar-refractivity contribution in [2.75, 3.05) is 11.1 Å². The third-order valence-electron chi connectivity index (χ3n) is 3.30. The minimum absolute atomic E-state index is 0.0287. The van der Waals surface area contributed by atoms with E-state index in [1.807, 2.05) is 0 Å². The number of carbonyl (C=O) groups excluding carboxylic acids is 1. The summed E-state index contributed by atoms with van der Waals surface area (Å²) in [6.45, 7) is 10.8. The van der Waals surface area contributed by atoms with E-state index in [4.69, 9.17) is 4.52 Å². The van der Waals surface area contributed by atoms with Gasteiger partial charge in [0.1, 0.15) is 4.75 Å². The molecule has 1 heterocycles. The first-order chi connectivity index (χ1) is 9.89. The van der Waals surface area contributed by atoms with Gasteiger partial charge in [-0.2, -0.15) is 0 Å². The molecule has 6 nitrogen and oxygen atoms in total. The summed E-state index contributed by atoms with van der Waals surface area (Å²) in [7, 11) is -3.53. The zero-order valence-corrected chi connectivity index (χ0v) is 15.0. The first-order valence-corrected chi connectivity index (χ1v) is 9.03. The van der Waals surface area contributed by atoms with E-state index in [0.717, 1.165) is 5.69 Å². The summed E-state index contributed by atoms with van der Waals surface area (Å²) >= 11 is 0. The Morgan fingerprint density at radius 1 is 1.27 bits per heavy atom. The van der Waals surface area contributed by atoms with Crippen LogP contribution >= 0.6 is 0 Å². The van der Waals surface area contributed by atoms with Gasteiger partial charge in [0.15, 0.2) is 9.84 Å². The summed E-state index contributed by atoms with van der Waals surface area (Å²) in [5.74, 6) is -0.470. The van der Waals surface area contributed by atoms with Crippen molar-refractivity contribution in [1.82, 2.24) is 5.16 Å². The summed E-state index contributed by atoms with van der Waals surface area (Å²) in [4.78, 5) is 12.3. The first kappa shape index (κ1) is 18.7. The Balaban J connectivity index is 2.85. The molecule has 1 amide bonds. The number of amides is 1. The van der Waals surface area contributed by atoms with Gasteiger partial charge in [-0.1, -0.05) is 32.9 Å². The van der Waals surface area contributed by atoms with Gasteiger partial charge in [0.25, 0.3) is 0 Å². The number of rotatable bonds is 6. The van der Waals surface area contributed by atoms with Crippen LogP contribution in [0, 0.1) is 5.41 Å². The lowest BCUT2D eigenvalue weighted by Gasteiger charge is -2.22. The highest BCUT2D eigenvalue weighted by Crippen LogP contribution is 2.24. The van der Waals surface area contributed by atoms with Crippen LogP contribution in [0.5, 0.6) is 0 Å². The van der Waals surface area contributed by atoms with E-state index >= 15 is 0 Å². The van der Waals surface area contributed by atoms with E-state index in [1.54, 1.807) is 13.0 Å². The highest BCUT2D eigenvalue weighted by Gasteiger charge is 2.41. The number of aromatic nitrogens is 1. The predicted octanol–water partition coefficient (Wildman–Crippen LogP) is 2.81. The van der Waals surface area contributed by atoms with Gasteiger partial charge in [0.05, 0.1) is 11.4 Å². The molecular formula is C15H26N2O4S. The quantitative estimate of drug-likeness (QED) is 0.866. The van der Waals surface area contributed by atoms with Crippen molar-refractivity contribution in [3.63, 3.8) is 0 Å². The lowest BCUT2D eigenvalue weighted by atomic mass is 9.91. The van der Waals surface area contributed by atoms with Crippen LogP contribution in [0.1, 0.15) is 53.7 Å². The van der Waals surface area contributed by atoms with Crippen molar-refractivity contribution >= 4 is 21.6 Å². The summed E-state index contributed by atoms with van der Waals surface area (Å²) in [5.41, 5.74) is 0.763. The third-order valence-corrected chi connectivity index (χ3v) is 5.99. The molecule has 0 aliphatic heterocycles. The zero-order chi connectivity index (χ0) is 17.2.